The molecule has 0 radical (unpaired) electrons. The van der Waals surface area contributed by atoms with E-state index in [2.05, 4.69) is 194 Å². The van der Waals surface area contributed by atoms with Gasteiger partial charge < -0.3 is 0 Å². The van der Waals surface area contributed by atoms with E-state index in [1.54, 1.807) is 0 Å². The SMILES string of the molecule is c1ccc2cc(-c3ccc(-c4c5ccccc5c(-c5ccc6ccc(-c7cccc8ccccc78)cc6c5)c5ccccc45)cc3)ccc2c1. The maximum Gasteiger partial charge on any atom is -0.00262 e. The molecule has 0 saturated carbocycles. The van der Waals surface area contributed by atoms with Crippen LogP contribution in [0.2, 0.25) is 0 Å². The van der Waals surface area contributed by atoms with E-state index in [9.17, 15) is 0 Å². The Morgan fingerprint density at radius 2 is 0.620 bits per heavy atom. The minimum atomic E-state index is 1.23. The number of hydrogen-bond donors (Lipinski definition) is 0. The number of benzene rings is 10. The molecule has 10 rings (SSSR count). The van der Waals surface area contributed by atoms with E-state index in [1.165, 1.54) is 98.4 Å². The van der Waals surface area contributed by atoms with Gasteiger partial charge >= 0.3 is 0 Å². The van der Waals surface area contributed by atoms with Crippen LogP contribution in [0, 0.1) is 0 Å². The Labute approximate surface area is 291 Å². The molecule has 10 aromatic carbocycles. The van der Waals surface area contributed by atoms with E-state index in [0.717, 1.165) is 0 Å². The zero-order chi connectivity index (χ0) is 33.0. The third-order valence-electron chi connectivity index (χ3n) is 10.4. The normalized spacial score (nSPS) is 11.6. The van der Waals surface area contributed by atoms with Gasteiger partial charge in [0, 0.05) is 0 Å². The van der Waals surface area contributed by atoms with Gasteiger partial charge in [-0.15, -0.1) is 0 Å². The van der Waals surface area contributed by atoms with Gasteiger partial charge in [-0.3, -0.25) is 0 Å². The number of hydrogen-bond acceptors (Lipinski definition) is 0. The molecule has 0 aromatic heterocycles. The highest BCUT2D eigenvalue weighted by Crippen LogP contribution is 2.44. The molecule has 0 bridgehead atoms. The largest absolute Gasteiger partial charge is 0.0616 e. The van der Waals surface area contributed by atoms with Crippen LogP contribution in [-0.4, -0.2) is 0 Å². The minimum Gasteiger partial charge on any atom is -0.0616 e. The molecule has 0 nitrogen and oxygen atoms in total. The van der Waals surface area contributed by atoms with Crippen molar-refractivity contribution in [2.24, 2.45) is 0 Å². The molecule has 0 N–H and O–H groups in total. The molecular weight excluding hydrogens is 601 g/mol. The van der Waals surface area contributed by atoms with E-state index in [1.807, 2.05) is 0 Å². The summed E-state index contributed by atoms with van der Waals surface area (Å²) in [6.07, 6.45) is 0. The van der Waals surface area contributed by atoms with Gasteiger partial charge in [-0.25, -0.2) is 0 Å². The first-order valence-corrected chi connectivity index (χ1v) is 17.3. The highest BCUT2D eigenvalue weighted by Gasteiger charge is 2.17. The Balaban J connectivity index is 1.13. The first-order valence-electron chi connectivity index (χ1n) is 17.3. The van der Waals surface area contributed by atoms with Crippen LogP contribution in [-0.2, 0) is 0 Å². The molecule has 10 aromatic rings. The fourth-order valence-corrected chi connectivity index (χ4v) is 8.00. The molecule has 0 saturated heterocycles. The standard InChI is InChI=1S/C50H32/c1-2-12-38-30-39(27-22-33(38)10-1)34-20-25-37(26-21-34)49-45-15-5-7-17-47(45)50(48-18-8-6-16-46(48)49)41-29-24-35-23-28-40(31-42(35)32-41)44-19-9-13-36-11-3-4-14-43(36)44/h1-32H. The van der Waals surface area contributed by atoms with Crippen molar-refractivity contribution in [3.8, 4) is 44.5 Å². The molecule has 50 heavy (non-hydrogen) atoms. The minimum absolute atomic E-state index is 1.23. The van der Waals surface area contributed by atoms with Gasteiger partial charge in [-0.05, 0) is 117 Å². The maximum absolute atomic E-state index is 2.39. The summed E-state index contributed by atoms with van der Waals surface area (Å²) in [5.41, 5.74) is 9.99. The van der Waals surface area contributed by atoms with E-state index < -0.39 is 0 Å². The number of rotatable bonds is 4. The lowest BCUT2D eigenvalue weighted by atomic mass is 9.85. The van der Waals surface area contributed by atoms with Crippen molar-refractivity contribution < 1.29 is 0 Å². The Morgan fingerprint density at radius 3 is 1.30 bits per heavy atom. The molecule has 0 aliphatic rings. The van der Waals surface area contributed by atoms with Gasteiger partial charge in [0.25, 0.3) is 0 Å². The monoisotopic (exact) mass is 632 g/mol. The second-order valence-electron chi connectivity index (χ2n) is 13.3. The first kappa shape index (κ1) is 28.5. The van der Waals surface area contributed by atoms with E-state index in [4.69, 9.17) is 0 Å². The molecule has 0 atom stereocenters. The smallest absolute Gasteiger partial charge is 0.00262 e. The van der Waals surface area contributed by atoms with Crippen LogP contribution in [0.5, 0.6) is 0 Å². The van der Waals surface area contributed by atoms with Crippen molar-refractivity contribution in [3.05, 3.63) is 194 Å². The second kappa shape index (κ2) is 11.6. The lowest BCUT2D eigenvalue weighted by molar-refractivity contribution is 1.63. The van der Waals surface area contributed by atoms with Gasteiger partial charge in [-0.2, -0.15) is 0 Å². The molecule has 0 fully saturated rings. The van der Waals surface area contributed by atoms with Gasteiger partial charge in [0.15, 0.2) is 0 Å². The van der Waals surface area contributed by atoms with Crippen molar-refractivity contribution in [1.29, 1.82) is 0 Å². The van der Waals surface area contributed by atoms with Crippen LogP contribution in [0.15, 0.2) is 194 Å². The Bertz CT molecular complexity index is 2850. The van der Waals surface area contributed by atoms with Gasteiger partial charge in [-0.1, -0.05) is 176 Å². The van der Waals surface area contributed by atoms with Gasteiger partial charge in [0.1, 0.15) is 0 Å². The van der Waals surface area contributed by atoms with Crippen LogP contribution >= 0.6 is 0 Å². The van der Waals surface area contributed by atoms with Crippen LogP contribution in [0.1, 0.15) is 0 Å². The van der Waals surface area contributed by atoms with Gasteiger partial charge in [0.05, 0.1) is 0 Å². The summed E-state index contributed by atoms with van der Waals surface area (Å²) < 4.78 is 0. The van der Waals surface area contributed by atoms with Crippen molar-refractivity contribution in [2.75, 3.05) is 0 Å². The van der Waals surface area contributed by atoms with E-state index in [-0.39, 0.29) is 0 Å². The molecule has 0 spiro atoms. The summed E-state index contributed by atoms with van der Waals surface area (Å²) in [5, 5.41) is 12.6. The summed E-state index contributed by atoms with van der Waals surface area (Å²) in [6.45, 7) is 0. The fraction of sp³-hybridized carbons (Fsp3) is 0. The Morgan fingerprint density at radius 1 is 0.200 bits per heavy atom. The highest BCUT2D eigenvalue weighted by molar-refractivity contribution is 6.21. The molecule has 0 aliphatic heterocycles. The molecule has 0 heteroatoms. The third kappa shape index (κ3) is 4.69. The predicted molar refractivity (Wildman–Crippen MR) is 216 cm³/mol. The zero-order valence-electron chi connectivity index (χ0n) is 27.5. The zero-order valence-corrected chi connectivity index (χ0v) is 27.5. The lowest BCUT2D eigenvalue weighted by Gasteiger charge is -2.18. The van der Waals surface area contributed by atoms with Crippen molar-refractivity contribution in [1.82, 2.24) is 0 Å². The average molecular weight is 633 g/mol. The maximum atomic E-state index is 2.39. The summed E-state index contributed by atoms with van der Waals surface area (Å²) in [5.74, 6) is 0. The Kier molecular flexibility index (Phi) is 6.60. The Hall–Kier alpha value is -6.50. The van der Waals surface area contributed by atoms with Gasteiger partial charge in [0.2, 0.25) is 0 Å². The van der Waals surface area contributed by atoms with Crippen molar-refractivity contribution in [3.63, 3.8) is 0 Å². The lowest BCUT2D eigenvalue weighted by Crippen LogP contribution is -1.91. The summed E-state index contributed by atoms with van der Waals surface area (Å²) >= 11 is 0. The predicted octanol–water partition coefficient (Wildman–Crippen LogP) is 14.1. The summed E-state index contributed by atoms with van der Waals surface area (Å²) in [6, 6.07) is 71.4. The highest BCUT2D eigenvalue weighted by atomic mass is 14.2. The first-order chi connectivity index (χ1) is 24.8. The van der Waals surface area contributed by atoms with Crippen molar-refractivity contribution >= 4 is 53.9 Å². The fourth-order valence-electron chi connectivity index (χ4n) is 8.00. The molecule has 0 aliphatic carbocycles. The summed E-state index contributed by atoms with van der Waals surface area (Å²) in [4.78, 5) is 0. The average Bonchev–Trinajstić information content (AvgIpc) is 3.19. The molecule has 0 heterocycles. The number of fused-ring (bicyclic) bond motifs is 5. The third-order valence-corrected chi connectivity index (χ3v) is 10.4. The molecule has 0 amide bonds. The van der Waals surface area contributed by atoms with Crippen LogP contribution in [0.3, 0.4) is 0 Å². The van der Waals surface area contributed by atoms with E-state index >= 15 is 0 Å². The van der Waals surface area contributed by atoms with Crippen LogP contribution in [0.25, 0.3) is 98.4 Å². The molecular formula is C50H32. The quantitative estimate of drug-likeness (QED) is 0.169. The van der Waals surface area contributed by atoms with Crippen molar-refractivity contribution in [2.45, 2.75) is 0 Å². The topological polar surface area (TPSA) is 0 Å². The van der Waals surface area contributed by atoms with E-state index in [0.29, 0.717) is 0 Å². The van der Waals surface area contributed by atoms with Crippen LogP contribution in [0.4, 0.5) is 0 Å². The molecule has 0 unspecified atom stereocenters. The summed E-state index contributed by atoms with van der Waals surface area (Å²) in [7, 11) is 0. The second-order valence-corrected chi connectivity index (χ2v) is 13.3. The van der Waals surface area contributed by atoms with Crippen LogP contribution < -0.4 is 0 Å². The molecule has 232 valence electrons.